The number of amides is 1. The van der Waals surface area contributed by atoms with Crippen LogP contribution in [-0.2, 0) is 15.8 Å². The van der Waals surface area contributed by atoms with Gasteiger partial charge in [-0.15, -0.1) is 10.2 Å². The van der Waals surface area contributed by atoms with E-state index >= 15 is 0 Å². The monoisotopic (exact) mass is 470 g/mol. The highest BCUT2D eigenvalue weighted by Gasteiger charge is 2.66. The van der Waals surface area contributed by atoms with Crippen molar-refractivity contribution in [2.45, 2.75) is 95.9 Å². The van der Waals surface area contributed by atoms with Crippen LogP contribution in [0, 0.1) is 0 Å². The molecule has 33 heavy (non-hydrogen) atoms. The Bertz CT molecular complexity index is 960. The lowest BCUT2D eigenvalue weighted by Gasteiger charge is -2.59. The van der Waals surface area contributed by atoms with Crippen molar-refractivity contribution >= 4 is 14.2 Å². The number of rotatable bonds is 7. The van der Waals surface area contributed by atoms with Crippen molar-refractivity contribution < 1.29 is 13.6 Å². The summed E-state index contributed by atoms with van der Waals surface area (Å²) in [6, 6.07) is 10.0. The molecule has 0 radical (unpaired) electrons. The summed E-state index contributed by atoms with van der Waals surface area (Å²) in [5, 5.41) is 8.19. The molecular weight excluding hydrogens is 432 g/mol. The van der Waals surface area contributed by atoms with Gasteiger partial charge in [-0.2, -0.15) is 0 Å². The largest absolute Gasteiger partial charge is 0.426 e. The third-order valence-electron chi connectivity index (χ3n) is 8.14. The number of likely N-dealkylation sites (tertiary alicyclic amines) is 2. The molecule has 2 fully saturated rings. The van der Waals surface area contributed by atoms with Gasteiger partial charge in [0.25, 0.3) is 0 Å². The second-order valence-electron chi connectivity index (χ2n) is 11.1. The molecule has 1 aromatic heterocycles. The molecule has 2 unspecified atom stereocenters. The minimum absolute atomic E-state index is 0.0265. The number of hydrogen-bond donors (Lipinski definition) is 0. The summed E-state index contributed by atoms with van der Waals surface area (Å²) in [4.78, 5) is 18.3. The Morgan fingerprint density at radius 1 is 1.27 bits per heavy atom. The zero-order chi connectivity index (χ0) is 24.0. The van der Waals surface area contributed by atoms with Crippen LogP contribution in [-0.4, -0.2) is 58.5 Å². The van der Waals surface area contributed by atoms with E-state index in [4.69, 9.17) is 8.84 Å². The average Bonchev–Trinajstić information content (AvgIpc) is 3.42. The van der Waals surface area contributed by atoms with E-state index in [0.29, 0.717) is 5.89 Å². The van der Waals surface area contributed by atoms with Crippen LogP contribution in [0.5, 0.6) is 0 Å². The van der Waals surface area contributed by atoms with Gasteiger partial charge in [0, 0.05) is 6.54 Å². The van der Waals surface area contributed by atoms with Crippen LogP contribution in [0.3, 0.4) is 0 Å². The molecule has 2 saturated heterocycles. The van der Waals surface area contributed by atoms with Crippen LogP contribution in [0.25, 0.3) is 0 Å². The van der Waals surface area contributed by atoms with Gasteiger partial charge in [-0.1, -0.05) is 51.1 Å². The molecule has 0 aliphatic carbocycles. The average molecular weight is 471 g/mol. The van der Waals surface area contributed by atoms with E-state index in [9.17, 15) is 4.79 Å². The standard InChI is InChI=1S/C25H38N4O3Si/c1-18(32-33(6,7)24(3,4)5)21(22-27-26-17-31-22)29-19(2)25(23(29)30)14-11-15-28(25)16-20-12-9-8-10-13-20/h8-10,12-13,17-19,21H,11,14-16H2,1-7H3/t18-,19?,21+,25?/m1/s1. The Balaban J connectivity index is 1.60. The lowest BCUT2D eigenvalue weighted by atomic mass is 9.75. The van der Waals surface area contributed by atoms with Crippen LogP contribution >= 0.6 is 0 Å². The molecule has 0 N–H and O–H groups in total. The van der Waals surface area contributed by atoms with Gasteiger partial charge in [-0.05, 0) is 56.9 Å². The summed E-state index contributed by atoms with van der Waals surface area (Å²) in [6.07, 6.45) is 2.99. The Morgan fingerprint density at radius 2 is 1.97 bits per heavy atom. The van der Waals surface area contributed by atoms with Crippen molar-refractivity contribution in [2.24, 2.45) is 0 Å². The molecule has 1 spiro atoms. The maximum atomic E-state index is 14.0. The lowest BCUT2D eigenvalue weighted by molar-refractivity contribution is -0.184. The van der Waals surface area contributed by atoms with Crippen molar-refractivity contribution in [3.63, 3.8) is 0 Å². The summed E-state index contributed by atoms with van der Waals surface area (Å²) >= 11 is 0. The summed E-state index contributed by atoms with van der Waals surface area (Å²) in [5.41, 5.74) is 0.769. The van der Waals surface area contributed by atoms with E-state index in [-0.39, 0.29) is 23.1 Å². The van der Waals surface area contributed by atoms with Gasteiger partial charge in [-0.3, -0.25) is 9.69 Å². The molecule has 2 aliphatic rings. The maximum Gasteiger partial charge on any atom is 0.246 e. The fourth-order valence-electron chi connectivity index (χ4n) is 5.31. The van der Waals surface area contributed by atoms with Crippen molar-refractivity contribution in [2.75, 3.05) is 6.54 Å². The van der Waals surface area contributed by atoms with Gasteiger partial charge in [0.15, 0.2) is 8.32 Å². The van der Waals surface area contributed by atoms with Crippen molar-refractivity contribution in [1.29, 1.82) is 0 Å². The van der Waals surface area contributed by atoms with Crippen molar-refractivity contribution in [3.05, 3.63) is 48.2 Å². The maximum absolute atomic E-state index is 14.0. The summed E-state index contributed by atoms with van der Waals surface area (Å²) < 4.78 is 12.4. The first kappa shape index (κ1) is 24.1. The molecular formula is C25H38N4O3Si. The normalized spacial score (nSPS) is 26.0. The van der Waals surface area contributed by atoms with Gasteiger partial charge in [0.1, 0.15) is 11.6 Å². The highest BCUT2D eigenvalue weighted by atomic mass is 28.4. The predicted octanol–water partition coefficient (Wildman–Crippen LogP) is 4.79. The molecule has 7 nitrogen and oxygen atoms in total. The minimum Gasteiger partial charge on any atom is -0.426 e. The summed E-state index contributed by atoms with van der Waals surface area (Å²) in [6.45, 7) is 17.0. The number of aromatic nitrogens is 2. The van der Waals surface area contributed by atoms with Gasteiger partial charge >= 0.3 is 0 Å². The van der Waals surface area contributed by atoms with E-state index in [1.807, 2.05) is 17.9 Å². The lowest BCUT2D eigenvalue weighted by Crippen LogP contribution is -2.78. The quantitative estimate of drug-likeness (QED) is 0.428. The van der Waals surface area contributed by atoms with Crippen LogP contribution in [0.2, 0.25) is 18.1 Å². The third kappa shape index (κ3) is 4.06. The molecule has 3 heterocycles. The minimum atomic E-state index is -2.06. The van der Waals surface area contributed by atoms with E-state index in [1.165, 1.54) is 12.0 Å². The van der Waals surface area contributed by atoms with E-state index in [0.717, 1.165) is 25.9 Å². The first-order valence-corrected chi connectivity index (χ1v) is 15.0. The third-order valence-corrected chi connectivity index (χ3v) is 12.7. The van der Waals surface area contributed by atoms with Gasteiger partial charge in [0.05, 0.1) is 12.1 Å². The fraction of sp³-hybridized carbons (Fsp3) is 0.640. The number of carbonyl (C=O) groups is 1. The van der Waals surface area contributed by atoms with Crippen LogP contribution in [0.1, 0.15) is 65.0 Å². The first-order valence-electron chi connectivity index (χ1n) is 12.0. The highest BCUT2D eigenvalue weighted by molar-refractivity contribution is 6.74. The van der Waals surface area contributed by atoms with Crippen LogP contribution < -0.4 is 0 Å². The first-order chi connectivity index (χ1) is 15.5. The summed E-state index contributed by atoms with van der Waals surface area (Å²) in [7, 11) is -2.06. The van der Waals surface area contributed by atoms with Crippen molar-refractivity contribution in [3.8, 4) is 0 Å². The second kappa shape index (κ2) is 8.63. The Hall–Kier alpha value is -2.03. The van der Waals surface area contributed by atoms with E-state index in [2.05, 4.69) is 80.2 Å². The number of benzene rings is 1. The molecule has 0 bridgehead atoms. The Morgan fingerprint density at radius 3 is 2.55 bits per heavy atom. The molecule has 4 rings (SSSR count). The van der Waals surface area contributed by atoms with Gasteiger partial charge in [-0.25, -0.2) is 0 Å². The Labute approximate surface area is 198 Å². The predicted molar refractivity (Wildman–Crippen MR) is 130 cm³/mol. The summed E-state index contributed by atoms with van der Waals surface area (Å²) in [5.74, 6) is 0.598. The molecule has 0 saturated carbocycles. The second-order valence-corrected chi connectivity index (χ2v) is 15.9. The number of β-lactam (4-membered cyclic amide) rings is 1. The Kier molecular flexibility index (Phi) is 6.31. The molecule has 2 aromatic rings. The zero-order valence-corrected chi connectivity index (χ0v) is 22.0. The van der Waals surface area contributed by atoms with Crippen LogP contribution in [0.15, 0.2) is 41.1 Å². The molecule has 180 valence electrons. The topological polar surface area (TPSA) is 71.7 Å². The zero-order valence-electron chi connectivity index (χ0n) is 21.0. The van der Waals surface area contributed by atoms with Crippen LogP contribution in [0.4, 0.5) is 0 Å². The molecule has 2 aliphatic heterocycles. The van der Waals surface area contributed by atoms with Crippen molar-refractivity contribution in [1.82, 2.24) is 20.0 Å². The molecule has 8 heteroatoms. The van der Waals surface area contributed by atoms with Gasteiger partial charge in [0.2, 0.25) is 18.2 Å². The number of carbonyl (C=O) groups excluding carboxylic acids is 1. The SMILES string of the molecule is CC1N([C@H](c2nnco2)[C@@H](C)O[Si](C)(C)C(C)(C)C)C(=O)C12CCCN2Cc1ccccc1. The number of nitrogens with zero attached hydrogens (tertiary/aromatic N) is 4. The molecule has 1 aromatic carbocycles. The number of hydrogen-bond acceptors (Lipinski definition) is 6. The van der Waals surface area contributed by atoms with E-state index in [1.54, 1.807) is 0 Å². The van der Waals surface area contributed by atoms with E-state index < -0.39 is 19.9 Å². The molecule has 4 atom stereocenters. The highest BCUT2D eigenvalue weighted by Crippen LogP contribution is 2.50. The van der Waals surface area contributed by atoms with Gasteiger partial charge < -0.3 is 13.7 Å². The fourth-order valence-corrected chi connectivity index (χ4v) is 6.72. The smallest absolute Gasteiger partial charge is 0.246 e. The molecule has 1 amide bonds.